The molecule has 22 heavy (non-hydrogen) atoms. The minimum atomic E-state index is -0.277. The average Bonchev–Trinajstić information content (AvgIpc) is 2.48. The topological polar surface area (TPSA) is 86.2 Å². The number of rotatable bonds is 15. The van der Waals surface area contributed by atoms with Crippen molar-refractivity contribution in [2.45, 2.75) is 97.3 Å². The molecule has 0 aliphatic carbocycles. The Hall–Kier alpha value is -1.06. The smallest absolute Gasteiger partial charge is 0.223 e. The van der Waals surface area contributed by atoms with Gasteiger partial charge in [0.05, 0.1) is 0 Å². The van der Waals surface area contributed by atoms with Crippen LogP contribution in [0.25, 0.3) is 0 Å². The average molecular weight is 312 g/mol. The largest absolute Gasteiger partial charge is 0.370 e. The Labute approximate surface area is 136 Å². The number of primary amides is 2. The van der Waals surface area contributed by atoms with E-state index in [4.69, 9.17) is 11.5 Å². The lowest BCUT2D eigenvalue weighted by Gasteiger charge is -2.27. The number of nitrogens with two attached hydrogens (primary N) is 2. The highest BCUT2D eigenvalue weighted by molar-refractivity contribution is 5.80. The Morgan fingerprint density at radius 2 is 1.14 bits per heavy atom. The van der Waals surface area contributed by atoms with Crippen LogP contribution in [-0.4, -0.2) is 11.8 Å². The van der Waals surface area contributed by atoms with Gasteiger partial charge in [-0.15, -0.1) is 0 Å². The van der Waals surface area contributed by atoms with Crippen LogP contribution in [0.2, 0.25) is 0 Å². The lowest BCUT2D eigenvalue weighted by molar-refractivity contribution is -0.128. The van der Waals surface area contributed by atoms with Crippen molar-refractivity contribution >= 4 is 11.8 Å². The van der Waals surface area contributed by atoms with Gasteiger partial charge < -0.3 is 11.5 Å². The highest BCUT2D eigenvalue weighted by Gasteiger charge is 2.31. The van der Waals surface area contributed by atoms with Gasteiger partial charge in [-0.05, 0) is 25.7 Å². The number of carbonyl (C=O) groups is 2. The Bertz CT molecular complexity index is 312. The van der Waals surface area contributed by atoms with E-state index in [9.17, 15) is 9.59 Å². The molecule has 130 valence electrons. The molecule has 0 heterocycles. The third-order valence-electron chi connectivity index (χ3n) is 4.95. The van der Waals surface area contributed by atoms with Crippen LogP contribution in [-0.2, 0) is 9.59 Å². The molecule has 0 saturated heterocycles. The molecule has 0 aliphatic rings. The van der Waals surface area contributed by atoms with Gasteiger partial charge in [0.25, 0.3) is 0 Å². The van der Waals surface area contributed by atoms with Gasteiger partial charge in [0.2, 0.25) is 11.8 Å². The van der Waals surface area contributed by atoms with Crippen molar-refractivity contribution in [1.82, 2.24) is 0 Å². The minimum Gasteiger partial charge on any atom is -0.370 e. The summed E-state index contributed by atoms with van der Waals surface area (Å²) < 4.78 is 0. The van der Waals surface area contributed by atoms with E-state index in [1.165, 1.54) is 38.5 Å². The summed E-state index contributed by atoms with van der Waals surface area (Å²) >= 11 is 0. The van der Waals surface area contributed by atoms with E-state index in [0.717, 1.165) is 38.5 Å². The Kier molecular flexibility index (Phi) is 11.9. The zero-order valence-electron chi connectivity index (χ0n) is 14.7. The first-order valence-electron chi connectivity index (χ1n) is 9.06. The molecule has 0 rings (SSSR count). The maximum Gasteiger partial charge on any atom is 0.223 e. The molecule has 0 fully saturated rings. The summed E-state index contributed by atoms with van der Waals surface area (Å²) in [5, 5.41) is 0. The molecule has 0 aromatic rings. The summed E-state index contributed by atoms with van der Waals surface area (Å²) in [6.07, 6.45) is 13.7. The predicted molar refractivity (Wildman–Crippen MR) is 92.2 cm³/mol. The van der Waals surface area contributed by atoms with Crippen molar-refractivity contribution in [2.75, 3.05) is 0 Å². The Morgan fingerprint density at radius 3 is 1.50 bits per heavy atom. The Morgan fingerprint density at radius 1 is 0.727 bits per heavy atom. The third kappa shape index (κ3) is 9.06. The zero-order valence-corrected chi connectivity index (χ0v) is 14.7. The van der Waals surface area contributed by atoms with Crippen LogP contribution < -0.4 is 11.5 Å². The van der Waals surface area contributed by atoms with Crippen molar-refractivity contribution < 1.29 is 9.59 Å². The summed E-state index contributed by atoms with van der Waals surface area (Å²) in [4.78, 5) is 22.2. The van der Waals surface area contributed by atoms with E-state index >= 15 is 0 Å². The fourth-order valence-electron chi connectivity index (χ4n) is 3.08. The van der Waals surface area contributed by atoms with Gasteiger partial charge in [-0.25, -0.2) is 0 Å². The lowest BCUT2D eigenvalue weighted by Crippen LogP contribution is -2.36. The van der Waals surface area contributed by atoms with E-state index in [2.05, 4.69) is 13.8 Å². The van der Waals surface area contributed by atoms with Crippen LogP contribution in [0.1, 0.15) is 97.3 Å². The van der Waals surface area contributed by atoms with E-state index in [1.54, 1.807) is 0 Å². The zero-order chi connectivity index (χ0) is 16.8. The van der Waals surface area contributed by atoms with Gasteiger partial charge in [0.15, 0.2) is 0 Å². The first-order chi connectivity index (χ1) is 10.5. The number of carbonyl (C=O) groups excluding carboxylic acids is 2. The van der Waals surface area contributed by atoms with Crippen molar-refractivity contribution in [3.63, 3.8) is 0 Å². The molecule has 0 saturated carbocycles. The normalized spacial score (nSPS) is 11.5. The van der Waals surface area contributed by atoms with Crippen LogP contribution in [0.5, 0.6) is 0 Å². The molecule has 0 unspecified atom stereocenters. The van der Waals surface area contributed by atoms with E-state index in [1.807, 2.05) is 0 Å². The summed E-state index contributed by atoms with van der Waals surface area (Å²) in [6.45, 7) is 4.12. The molecular weight excluding hydrogens is 276 g/mol. The van der Waals surface area contributed by atoms with Crippen molar-refractivity contribution in [1.29, 1.82) is 0 Å². The quantitative estimate of drug-likeness (QED) is 0.447. The minimum absolute atomic E-state index is 0.131. The lowest BCUT2D eigenvalue weighted by atomic mass is 9.77. The monoisotopic (exact) mass is 312 g/mol. The van der Waals surface area contributed by atoms with Crippen LogP contribution in [0, 0.1) is 5.41 Å². The van der Waals surface area contributed by atoms with E-state index in [-0.39, 0.29) is 17.2 Å². The van der Waals surface area contributed by atoms with Crippen molar-refractivity contribution in [3.8, 4) is 0 Å². The fourth-order valence-corrected chi connectivity index (χ4v) is 3.08. The van der Waals surface area contributed by atoms with Crippen LogP contribution in [0.3, 0.4) is 0 Å². The molecular formula is C18H36N2O2. The number of amides is 2. The molecule has 4 N–H and O–H groups in total. The molecule has 4 heteroatoms. The molecule has 0 atom stereocenters. The van der Waals surface area contributed by atoms with Gasteiger partial charge in [-0.1, -0.05) is 65.2 Å². The highest BCUT2D eigenvalue weighted by Crippen LogP contribution is 2.32. The number of unbranched alkanes of at least 4 members (excludes halogenated alkanes) is 8. The molecule has 0 bridgehead atoms. The summed E-state index contributed by atoms with van der Waals surface area (Å²) in [7, 11) is 0. The standard InChI is InChI=1S/C18H36N2O2/c1-3-18(4-2,17(20)22)15-13-11-9-7-5-6-8-10-12-14-16(19)21/h3-15H2,1-2H3,(H2,19,21)(H2,20,22). The molecule has 0 aromatic heterocycles. The van der Waals surface area contributed by atoms with Crippen molar-refractivity contribution in [2.24, 2.45) is 16.9 Å². The summed E-state index contributed by atoms with van der Waals surface area (Å²) in [5.41, 5.74) is 10.4. The van der Waals surface area contributed by atoms with E-state index < -0.39 is 0 Å². The van der Waals surface area contributed by atoms with Gasteiger partial charge in [-0.2, -0.15) is 0 Å². The first kappa shape index (κ1) is 20.9. The molecule has 0 aromatic carbocycles. The number of hydrogen-bond acceptors (Lipinski definition) is 2. The van der Waals surface area contributed by atoms with Crippen LogP contribution in [0.15, 0.2) is 0 Å². The van der Waals surface area contributed by atoms with Gasteiger partial charge in [-0.3, -0.25) is 9.59 Å². The highest BCUT2D eigenvalue weighted by atomic mass is 16.1. The van der Waals surface area contributed by atoms with Gasteiger partial charge in [0.1, 0.15) is 0 Å². The molecule has 2 amide bonds. The number of hydrogen-bond donors (Lipinski definition) is 2. The van der Waals surface area contributed by atoms with Gasteiger partial charge in [0, 0.05) is 11.8 Å². The molecule has 0 aliphatic heterocycles. The van der Waals surface area contributed by atoms with Crippen LogP contribution in [0.4, 0.5) is 0 Å². The Balaban J connectivity index is 3.50. The maximum atomic E-state index is 11.6. The van der Waals surface area contributed by atoms with Crippen molar-refractivity contribution in [3.05, 3.63) is 0 Å². The second kappa shape index (κ2) is 12.5. The summed E-state index contributed by atoms with van der Waals surface area (Å²) in [6, 6.07) is 0. The van der Waals surface area contributed by atoms with E-state index in [0.29, 0.717) is 6.42 Å². The molecule has 0 radical (unpaired) electrons. The SMILES string of the molecule is CCC(CC)(CCCCCCCCCCCC(N)=O)C(N)=O. The third-order valence-corrected chi connectivity index (χ3v) is 4.95. The maximum absolute atomic E-state index is 11.6. The van der Waals surface area contributed by atoms with Gasteiger partial charge >= 0.3 is 0 Å². The molecule has 0 spiro atoms. The van der Waals surface area contributed by atoms with Crippen LogP contribution >= 0.6 is 0 Å². The fraction of sp³-hybridized carbons (Fsp3) is 0.889. The summed E-state index contributed by atoms with van der Waals surface area (Å²) in [5.74, 6) is -0.320. The predicted octanol–water partition coefficient (Wildman–Crippen LogP) is 4.05. The second-order valence-electron chi connectivity index (χ2n) is 6.50. The molecule has 4 nitrogen and oxygen atoms in total. The first-order valence-corrected chi connectivity index (χ1v) is 9.06. The second-order valence-corrected chi connectivity index (χ2v) is 6.50.